The third-order valence-corrected chi connectivity index (χ3v) is 7.65. The van der Waals surface area contributed by atoms with Crippen molar-refractivity contribution in [3.05, 3.63) is 80.2 Å². The predicted molar refractivity (Wildman–Crippen MR) is 135 cm³/mol. The summed E-state index contributed by atoms with van der Waals surface area (Å²) in [5, 5.41) is 19.3. The van der Waals surface area contributed by atoms with Crippen LogP contribution in [0.5, 0.6) is 0 Å². The van der Waals surface area contributed by atoms with Crippen LogP contribution in [0.1, 0.15) is 46.3 Å². The lowest BCUT2D eigenvalue weighted by Crippen LogP contribution is -2.38. The molecule has 0 fully saturated rings. The highest BCUT2D eigenvalue weighted by molar-refractivity contribution is 7.11. The number of carboxylic acids is 1. The summed E-state index contributed by atoms with van der Waals surface area (Å²) in [5.41, 5.74) is 3.10. The van der Waals surface area contributed by atoms with Crippen molar-refractivity contribution in [2.45, 2.75) is 45.2 Å². The molecule has 2 aromatic heterocycles. The van der Waals surface area contributed by atoms with Crippen molar-refractivity contribution < 1.29 is 28.2 Å². The summed E-state index contributed by atoms with van der Waals surface area (Å²) in [6.07, 6.45) is 5.27. The minimum absolute atomic E-state index is 0.0356. The van der Waals surface area contributed by atoms with Gasteiger partial charge < -0.3 is 15.2 Å². The van der Waals surface area contributed by atoms with Crippen molar-refractivity contribution in [3.63, 3.8) is 0 Å². The molecule has 3 heterocycles. The number of aromatic nitrogens is 3. The molecule has 0 amide bonds. The Hall–Kier alpha value is -3.93. The van der Waals surface area contributed by atoms with Crippen molar-refractivity contribution in [1.82, 2.24) is 20.1 Å². The van der Waals surface area contributed by atoms with Gasteiger partial charge in [0.1, 0.15) is 6.04 Å². The second kappa shape index (κ2) is 10.4. The van der Waals surface area contributed by atoms with Crippen LogP contribution >= 0.6 is 11.3 Å². The number of aryl methyl sites for hydroxylation is 2. The fourth-order valence-electron chi connectivity index (χ4n) is 4.99. The fourth-order valence-corrected chi connectivity index (χ4v) is 5.58. The number of nitrogens with one attached hydrogen (secondary N) is 1. The number of thiazole rings is 1. The van der Waals surface area contributed by atoms with E-state index in [-0.39, 0.29) is 30.0 Å². The molecule has 12 heteroatoms. The standard InChI is InChI=1S/C26H25F2N5O4S/c1-13-16(4-5-17(27)21(13)28)23-20(26(36)37-2)22(30-24(31-23)25-29-8-10-38-25)14-3-6-18-15(11-14)12-33(32-18)9-7-19(34)35/h4-5,8,10,12,14,23H,3,6-7,9,11H2,1-2H3,(H,30,31)(H,34,35). The lowest BCUT2D eigenvalue weighted by atomic mass is 9.81. The largest absolute Gasteiger partial charge is 0.481 e. The third kappa shape index (κ3) is 4.83. The number of methoxy groups -OCH3 is 1. The first-order chi connectivity index (χ1) is 18.3. The molecular weight excluding hydrogens is 516 g/mol. The van der Waals surface area contributed by atoms with Crippen LogP contribution < -0.4 is 5.32 Å². The summed E-state index contributed by atoms with van der Waals surface area (Å²) < 4.78 is 35.4. The number of fused-ring (bicyclic) bond motifs is 1. The number of carbonyl (C=O) groups excluding carboxylic acids is 1. The summed E-state index contributed by atoms with van der Waals surface area (Å²) in [7, 11) is 1.27. The molecule has 198 valence electrons. The first-order valence-electron chi connectivity index (χ1n) is 12.0. The Morgan fingerprint density at radius 1 is 1.32 bits per heavy atom. The van der Waals surface area contributed by atoms with Crippen molar-refractivity contribution in [3.8, 4) is 0 Å². The number of esters is 1. The monoisotopic (exact) mass is 541 g/mol. The van der Waals surface area contributed by atoms with Crippen LogP contribution in [-0.2, 0) is 33.7 Å². The van der Waals surface area contributed by atoms with E-state index >= 15 is 0 Å². The molecule has 0 saturated carbocycles. The first kappa shape index (κ1) is 25.7. The Morgan fingerprint density at radius 2 is 2.13 bits per heavy atom. The lowest BCUT2D eigenvalue weighted by Gasteiger charge is -2.33. The number of benzene rings is 1. The maximum absolute atomic E-state index is 14.6. The zero-order valence-corrected chi connectivity index (χ0v) is 21.5. The molecular formula is C26H25F2N5O4S. The number of halogens is 2. The molecule has 2 atom stereocenters. The van der Waals surface area contributed by atoms with Gasteiger partial charge in [0, 0.05) is 29.4 Å². The summed E-state index contributed by atoms with van der Waals surface area (Å²) >= 11 is 1.36. The number of rotatable bonds is 7. The van der Waals surface area contributed by atoms with E-state index < -0.39 is 29.6 Å². The Bertz CT molecular complexity index is 1460. The average molecular weight is 542 g/mol. The second-order valence-electron chi connectivity index (χ2n) is 9.18. The molecule has 2 aliphatic rings. The van der Waals surface area contributed by atoms with Gasteiger partial charge >= 0.3 is 11.9 Å². The van der Waals surface area contributed by atoms with E-state index in [0.29, 0.717) is 41.4 Å². The van der Waals surface area contributed by atoms with Crippen LogP contribution in [0.2, 0.25) is 0 Å². The van der Waals surface area contributed by atoms with Crippen LogP contribution in [-0.4, -0.2) is 44.8 Å². The number of carbonyl (C=O) groups is 2. The van der Waals surface area contributed by atoms with Crippen molar-refractivity contribution in [1.29, 1.82) is 0 Å². The third-order valence-electron chi connectivity index (χ3n) is 6.87. The van der Waals surface area contributed by atoms with E-state index in [1.807, 2.05) is 6.20 Å². The normalized spacial score (nSPS) is 19.0. The van der Waals surface area contributed by atoms with Gasteiger partial charge in [-0.25, -0.2) is 18.6 Å². The van der Waals surface area contributed by atoms with Gasteiger partial charge in [-0.3, -0.25) is 14.5 Å². The van der Waals surface area contributed by atoms with Crippen LogP contribution in [0.3, 0.4) is 0 Å². The maximum Gasteiger partial charge on any atom is 0.338 e. The number of aliphatic carboxylic acids is 1. The van der Waals surface area contributed by atoms with Gasteiger partial charge in [0.25, 0.3) is 0 Å². The number of nitrogens with zero attached hydrogens (tertiary/aromatic N) is 4. The quantitative estimate of drug-likeness (QED) is 0.438. The molecule has 2 unspecified atom stereocenters. The van der Waals surface area contributed by atoms with Crippen LogP contribution in [0.4, 0.5) is 8.78 Å². The predicted octanol–water partition coefficient (Wildman–Crippen LogP) is 3.72. The maximum atomic E-state index is 14.6. The molecule has 3 aromatic rings. The summed E-state index contributed by atoms with van der Waals surface area (Å²) in [6, 6.07) is 1.54. The number of ether oxygens (including phenoxy) is 1. The molecule has 9 nitrogen and oxygen atoms in total. The molecule has 38 heavy (non-hydrogen) atoms. The highest BCUT2D eigenvalue weighted by Gasteiger charge is 2.38. The lowest BCUT2D eigenvalue weighted by molar-refractivity contribution is -0.138. The molecule has 0 bridgehead atoms. The van der Waals surface area contributed by atoms with E-state index in [0.717, 1.165) is 17.3 Å². The molecule has 2 N–H and O–H groups in total. The minimum Gasteiger partial charge on any atom is -0.481 e. The SMILES string of the molecule is COC(=O)C1=C(C2CCc3nn(CCC(=O)O)cc3C2)NC(c2nccs2)=NC1c1ccc(F)c(F)c1C. The number of aliphatic imine (C=N–C) groups is 1. The number of amidine groups is 1. The van der Waals surface area contributed by atoms with Gasteiger partial charge in [0.15, 0.2) is 22.5 Å². The van der Waals surface area contributed by atoms with Gasteiger partial charge in [0.2, 0.25) is 0 Å². The van der Waals surface area contributed by atoms with Gasteiger partial charge in [-0.15, -0.1) is 11.3 Å². The Kier molecular flexibility index (Phi) is 7.06. The smallest absolute Gasteiger partial charge is 0.338 e. The van der Waals surface area contributed by atoms with Gasteiger partial charge in [-0.05, 0) is 48.9 Å². The van der Waals surface area contributed by atoms with E-state index in [1.54, 1.807) is 16.3 Å². The zero-order valence-electron chi connectivity index (χ0n) is 20.7. The average Bonchev–Trinajstić information content (AvgIpc) is 3.59. The summed E-state index contributed by atoms with van der Waals surface area (Å²) in [5.74, 6) is -3.22. The molecule has 1 aliphatic heterocycles. The molecule has 0 saturated heterocycles. The number of hydrogen-bond acceptors (Lipinski definition) is 8. The summed E-state index contributed by atoms with van der Waals surface area (Å²) in [4.78, 5) is 33.3. The van der Waals surface area contributed by atoms with E-state index in [9.17, 15) is 18.4 Å². The van der Waals surface area contributed by atoms with E-state index in [1.165, 1.54) is 31.4 Å². The molecule has 5 rings (SSSR count). The number of carboxylic acid groups (broad SMARTS) is 1. The van der Waals surface area contributed by atoms with Crippen LogP contribution in [0, 0.1) is 24.5 Å². The number of allylic oxidation sites excluding steroid dienone is 1. The van der Waals surface area contributed by atoms with Crippen molar-refractivity contribution in [2.75, 3.05) is 7.11 Å². The molecule has 0 radical (unpaired) electrons. The highest BCUT2D eigenvalue weighted by atomic mass is 32.1. The van der Waals surface area contributed by atoms with Gasteiger partial charge in [0.05, 0.1) is 31.3 Å². The zero-order chi connectivity index (χ0) is 27.0. The van der Waals surface area contributed by atoms with E-state index in [2.05, 4.69) is 15.4 Å². The van der Waals surface area contributed by atoms with Crippen LogP contribution in [0.25, 0.3) is 0 Å². The van der Waals surface area contributed by atoms with Crippen molar-refractivity contribution in [2.24, 2.45) is 10.9 Å². The molecule has 0 spiro atoms. The van der Waals surface area contributed by atoms with Crippen LogP contribution in [0.15, 0.2) is 46.2 Å². The van der Waals surface area contributed by atoms with Crippen molar-refractivity contribution >= 4 is 29.1 Å². The summed E-state index contributed by atoms with van der Waals surface area (Å²) in [6.45, 7) is 1.72. The Balaban J connectivity index is 1.59. The first-order valence-corrected chi connectivity index (χ1v) is 12.9. The van der Waals surface area contributed by atoms with Gasteiger partial charge in [-0.2, -0.15) is 5.10 Å². The Labute approximate surface area is 220 Å². The topological polar surface area (TPSA) is 119 Å². The minimum atomic E-state index is -0.992. The molecule has 1 aromatic carbocycles. The van der Waals surface area contributed by atoms with E-state index in [4.69, 9.17) is 14.8 Å². The second-order valence-corrected chi connectivity index (χ2v) is 10.1. The van der Waals surface area contributed by atoms with Gasteiger partial charge in [-0.1, -0.05) is 6.07 Å². The molecule has 1 aliphatic carbocycles. The number of hydrogen-bond donors (Lipinski definition) is 2. The fraction of sp³-hybridized carbons (Fsp3) is 0.346. The Morgan fingerprint density at radius 3 is 2.84 bits per heavy atom. The highest BCUT2D eigenvalue weighted by Crippen LogP contribution is 2.40.